The molecule has 0 aliphatic heterocycles. The van der Waals surface area contributed by atoms with E-state index in [1.54, 1.807) is 4.68 Å². The van der Waals surface area contributed by atoms with Crippen molar-refractivity contribution in [2.75, 3.05) is 12.8 Å². The molecule has 1 aliphatic rings. The molecule has 3 aromatic rings. The number of carbonyl (C=O) groups excluding carboxylic acids is 1. The maximum atomic E-state index is 12.9. The Labute approximate surface area is 175 Å². The normalized spacial score (nSPS) is 15.8. The van der Waals surface area contributed by atoms with Crippen molar-refractivity contribution in [3.63, 3.8) is 0 Å². The van der Waals surface area contributed by atoms with E-state index < -0.39 is 0 Å². The molecule has 29 heavy (non-hydrogen) atoms. The topological polar surface area (TPSA) is 63.9 Å². The average molecular weight is 408 g/mol. The Morgan fingerprint density at radius 2 is 2.03 bits per heavy atom. The fraction of sp³-hybridized carbons (Fsp3) is 0.364. The number of hydrogen-bond acceptors (Lipinski definition) is 5. The molecular weight excluding hydrogens is 382 g/mol. The van der Waals surface area contributed by atoms with E-state index in [-0.39, 0.29) is 11.9 Å². The van der Waals surface area contributed by atoms with Gasteiger partial charge in [0.05, 0.1) is 17.5 Å². The van der Waals surface area contributed by atoms with Gasteiger partial charge in [0.15, 0.2) is 0 Å². The molecule has 0 saturated carbocycles. The van der Waals surface area contributed by atoms with Crippen LogP contribution in [0.15, 0.2) is 47.6 Å². The van der Waals surface area contributed by atoms with E-state index in [1.165, 1.54) is 28.5 Å². The number of carbonyl (C=O) groups is 1. The highest BCUT2D eigenvalue weighted by atomic mass is 32.2. The summed E-state index contributed by atoms with van der Waals surface area (Å²) < 4.78 is 1.72. The highest BCUT2D eigenvalue weighted by Gasteiger charge is 2.26. The first-order chi connectivity index (χ1) is 14.1. The zero-order valence-electron chi connectivity index (χ0n) is 17.0. The lowest BCUT2D eigenvalue weighted by Gasteiger charge is -2.33. The molecule has 6 nitrogen and oxygen atoms in total. The maximum absolute atomic E-state index is 12.9. The Hall–Kier alpha value is -2.67. The predicted octanol–water partition coefficient (Wildman–Crippen LogP) is 3.91. The molecule has 2 aromatic carbocycles. The first-order valence-corrected chi connectivity index (χ1v) is 10.9. The molecule has 1 heterocycles. The van der Waals surface area contributed by atoms with E-state index in [2.05, 4.69) is 59.7 Å². The Kier molecular flexibility index (Phi) is 5.67. The third-order valence-electron chi connectivity index (χ3n) is 5.77. The van der Waals surface area contributed by atoms with E-state index in [0.29, 0.717) is 10.9 Å². The quantitative estimate of drug-likeness (QED) is 0.600. The van der Waals surface area contributed by atoms with Gasteiger partial charge < -0.3 is 4.90 Å². The van der Waals surface area contributed by atoms with Gasteiger partial charge in [-0.2, -0.15) is 4.68 Å². The average Bonchev–Trinajstić information content (AvgIpc) is 3.21. The number of benzene rings is 2. The molecule has 1 aliphatic carbocycles. The van der Waals surface area contributed by atoms with Crippen molar-refractivity contribution in [3.8, 4) is 5.69 Å². The van der Waals surface area contributed by atoms with Crippen LogP contribution in [-0.2, 0) is 11.2 Å². The molecular formula is C22H25N5OS. The standard InChI is InChI=1S/C22H25N5OS/c1-15-8-6-12-19(16(15)2)27-22(23-24-25-27)29-14-21(28)26(3)20-13-7-10-17-9-4-5-11-18(17)20/h4-6,8-9,11-12,20H,7,10,13-14H2,1-3H3. The largest absolute Gasteiger partial charge is 0.338 e. The Morgan fingerprint density at radius 1 is 1.21 bits per heavy atom. The minimum absolute atomic E-state index is 0.0900. The fourth-order valence-corrected chi connectivity index (χ4v) is 4.73. The SMILES string of the molecule is Cc1cccc(-n2nnnc2SCC(=O)N(C)C2CCCc3ccccc32)c1C. The molecule has 4 rings (SSSR count). The number of thioether (sulfide) groups is 1. The van der Waals surface area contributed by atoms with Gasteiger partial charge in [-0.25, -0.2) is 0 Å². The van der Waals surface area contributed by atoms with Gasteiger partial charge in [0.25, 0.3) is 0 Å². The lowest BCUT2D eigenvalue weighted by molar-refractivity contribution is -0.129. The Morgan fingerprint density at radius 3 is 2.90 bits per heavy atom. The van der Waals surface area contributed by atoms with Gasteiger partial charge in [-0.05, 0) is 71.9 Å². The second kappa shape index (κ2) is 8.37. The lowest BCUT2D eigenvalue weighted by atomic mass is 9.87. The van der Waals surface area contributed by atoms with Crippen LogP contribution in [0.25, 0.3) is 5.69 Å². The van der Waals surface area contributed by atoms with Crippen LogP contribution in [0.5, 0.6) is 0 Å². The monoisotopic (exact) mass is 407 g/mol. The number of rotatable bonds is 5. The second-order valence-electron chi connectivity index (χ2n) is 7.49. The van der Waals surface area contributed by atoms with Gasteiger partial charge in [0.1, 0.15) is 0 Å². The summed E-state index contributed by atoms with van der Waals surface area (Å²) in [6.07, 6.45) is 3.20. The van der Waals surface area contributed by atoms with Crippen molar-refractivity contribution >= 4 is 17.7 Å². The number of nitrogens with zero attached hydrogens (tertiary/aromatic N) is 5. The molecule has 1 amide bonds. The molecule has 7 heteroatoms. The smallest absolute Gasteiger partial charge is 0.233 e. The number of hydrogen-bond donors (Lipinski definition) is 0. The maximum Gasteiger partial charge on any atom is 0.233 e. The van der Waals surface area contributed by atoms with Gasteiger partial charge in [-0.1, -0.05) is 48.2 Å². The Bertz CT molecular complexity index is 1030. The third-order valence-corrected chi connectivity index (χ3v) is 6.67. The molecule has 0 saturated heterocycles. The zero-order valence-corrected chi connectivity index (χ0v) is 17.8. The summed E-state index contributed by atoms with van der Waals surface area (Å²) in [6, 6.07) is 14.7. The van der Waals surface area contributed by atoms with Gasteiger partial charge >= 0.3 is 0 Å². The molecule has 0 radical (unpaired) electrons. The van der Waals surface area contributed by atoms with E-state index in [9.17, 15) is 4.79 Å². The van der Waals surface area contributed by atoms with Gasteiger partial charge in [-0.15, -0.1) is 5.10 Å². The van der Waals surface area contributed by atoms with Crippen LogP contribution in [0.3, 0.4) is 0 Å². The molecule has 0 fully saturated rings. The number of aromatic nitrogens is 4. The van der Waals surface area contributed by atoms with Crippen LogP contribution in [0.4, 0.5) is 0 Å². The minimum atomic E-state index is 0.0900. The van der Waals surface area contributed by atoms with Crippen molar-refractivity contribution < 1.29 is 4.79 Å². The van der Waals surface area contributed by atoms with Crippen molar-refractivity contribution in [1.82, 2.24) is 25.1 Å². The van der Waals surface area contributed by atoms with Crippen LogP contribution >= 0.6 is 11.8 Å². The number of amides is 1. The summed E-state index contributed by atoms with van der Waals surface area (Å²) in [7, 11) is 1.91. The van der Waals surface area contributed by atoms with Crippen molar-refractivity contribution in [2.24, 2.45) is 0 Å². The first kappa shape index (κ1) is 19.6. The summed E-state index contributed by atoms with van der Waals surface area (Å²) in [6.45, 7) is 4.12. The highest BCUT2D eigenvalue weighted by Crippen LogP contribution is 2.34. The van der Waals surface area contributed by atoms with Crippen LogP contribution in [-0.4, -0.2) is 43.8 Å². The summed E-state index contributed by atoms with van der Waals surface area (Å²) in [4.78, 5) is 14.8. The van der Waals surface area contributed by atoms with Crippen LogP contribution in [0.1, 0.15) is 41.1 Å². The molecule has 1 aromatic heterocycles. The van der Waals surface area contributed by atoms with Crippen molar-refractivity contribution in [2.45, 2.75) is 44.3 Å². The van der Waals surface area contributed by atoms with Crippen LogP contribution in [0.2, 0.25) is 0 Å². The summed E-state index contributed by atoms with van der Waals surface area (Å²) in [5.41, 5.74) is 5.89. The Balaban J connectivity index is 1.48. The third kappa shape index (κ3) is 3.92. The predicted molar refractivity (Wildman–Crippen MR) is 114 cm³/mol. The second-order valence-corrected chi connectivity index (χ2v) is 8.43. The molecule has 0 N–H and O–H groups in total. The van der Waals surface area contributed by atoms with E-state index >= 15 is 0 Å². The number of aryl methyl sites for hydroxylation is 2. The van der Waals surface area contributed by atoms with Gasteiger partial charge in [0.2, 0.25) is 11.1 Å². The van der Waals surface area contributed by atoms with Crippen molar-refractivity contribution in [1.29, 1.82) is 0 Å². The van der Waals surface area contributed by atoms with Gasteiger partial charge in [-0.3, -0.25) is 4.79 Å². The summed E-state index contributed by atoms with van der Waals surface area (Å²) in [5, 5.41) is 12.7. The van der Waals surface area contributed by atoms with E-state index in [4.69, 9.17) is 0 Å². The minimum Gasteiger partial charge on any atom is -0.338 e. The lowest BCUT2D eigenvalue weighted by Crippen LogP contribution is -2.34. The van der Waals surface area contributed by atoms with Gasteiger partial charge in [0, 0.05) is 7.05 Å². The molecule has 0 bridgehead atoms. The van der Waals surface area contributed by atoms with Crippen LogP contribution in [0, 0.1) is 13.8 Å². The first-order valence-electron chi connectivity index (χ1n) is 9.87. The van der Waals surface area contributed by atoms with E-state index in [0.717, 1.165) is 30.5 Å². The molecule has 0 spiro atoms. The zero-order chi connectivity index (χ0) is 20.4. The highest BCUT2D eigenvalue weighted by molar-refractivity contribution is 7.99. The van der Waals surface area contributed by atoms with Crippen LogP contribution < -0.4 is 0 Å². The number of tetrazole rings is 1. The number of fused-ring (bicyclic) bond motifs is 1. The van der Waals surface area contributed by atoms with Crippen molar-refractivity contribution in [3.05, 3.63) is 64.7 Å². The molecule has 1 atom stereocenters. The summed E-state index contributed by atoms with van der Waals surface area (Å²) >= 11 is 1.38. The van der Waals surface area contributed by atoms with E-state index in [1.807, 2.05) is 24.1 Å². The molecule has 1 unspecified atom stereocenters. The summed E-state index contributed by atoms with van der Waals surface area (Å²) in [5.74, 6) is 0.396. The molecule has 150 valence electrons. The fourth-order valence-electron chi connectivity index (χ4n) is 3.92.